The third-order valence-electron chi connectivity index (χ3n) is 3.57. The fourth-order valence-electron chi connectivity index (χ4n) is 2.87. The van der Waals surface area contributed by atoms with E-state index in [4.69, 9.17) is 9.73 Å². The molecule has 1 fully saturated rings. The van der Waals surface area contributed by atoms with Crippen LogP contribution in [0.3, 0.4) is 0 Å². The van der Waals surface area contributed by atoms with E-state index in [1.165, 1.54) is 6.42 Å². The van der Waals surface area contributed by atoms with E-state index in [0.29, 0.717) is 12.0 Å². The van der Waals surface area contributed by atoms with E-state index < -0.39 is 0 Å². The fraction of sp³-hybridized carbons (Fsp3) is 0.933. The van der Waals surface area contributed by atoms with Crippen LogP contribution < -0.4 is 0 Å². The van der Waals surface area contributed by atoms with Crippen LogP contribution in [-0.4, -0.2) is 63.2 Å². The van der Waals surface area contributed by atoms with Gasteiger partial charge < -0.3 is 14.5 Å². The summed E-state index contributed by atoms with van der Waals surface area (Å²) in [6.45, 7) is 8.54. The normalized spacial score (nSPS) is 22.8. The second-order valence-electron chi connectivity index (χ2n) is 6.99. The zero-order chi connectivity index (χ0) is 14.6. The van der Waals surface area contributed by atoms with Crippen LogP contribution in [0, 0.1) is 11.3 Å². The number of hydrogen-bond donors (Lipinski definition) is 0. The first-order valence-corrected chi connectivity index (χ1v) is 7.24. The van der Waals surface area contributed by atoms with E-state index in [1.807, 2.05) is 28.2 Å². The minimum atomic E-state index is 0. The molecule has 1 aliphatic rings. The maximum absolute atomic E-state index is 6.01. The molecule has 0 aromatic carbocycles. The minimum Gasteiger partial charge on any atom is -0.377 e. The summed E-state index contributed by atoms with van der Waals surface area (Å²) >= 11 is 0. The highest BCUT2D eigenvalue weighted by Crippen LogP contribution is 2.34. The Kier molecular flexibility index (Phi) is 8.40. The van der Waals surface area contributed by atoms with E-state index in [9.17, 15) is 0 Å². The van der Waals surface area contributed by atoms with Gasteiger partial charge in [0.2, 0.25) is 0 Å². The van der Waals surface area contributed by atoms with Gasteiger partial charge in [0, 0.05) is 47.3 Å². The third-order valence-corrected chi connectivity index (χ3v) is 3.57. The van der Waals surface area contributed by atoms with Crippen LogP contribution in [0.1, 0.15) is 33.6 Å². The van der Waals surface area contributed by atoms with Crippen LogP contribution >= 0.6 is 24.0 Å². The molecule has 20 heavy (non-hydrogen) atoms. The van der Waals surface area contributed by atoms with Crippen LogP contribution in [0.4, 0.5) is 0 Å². The van der Waals surface area contributed by atoms with Crippen LogP contribution in [0.25, 0.3) is 0 Å². The summed E-state index contributed by atoms with van der Waals surface area (Å²) in [5.74, 6) is 1.56. The first-order valence-electron chi connectivity index (χ1n) is 7.24. The lowest BCUT2D eigenvalue weighted by Gasteiger charge is -2.39. The van der Waals surface area contributed by atoms with Gasteiger partial charge in [-0.1, -0.05) is 20.8 Å². The van der Waals surface area contributed by atoms with Crippen molar-refractivity contribution in [2.24, 2.45) is 16.3 Å². The van der Waals surface area contributed by atoms with Gasteiger partial charge in [0.05, 0.1) is 6.10 Å². The number of aliphatic imine (C=N–C) groups is 1. The van der Waals surface area contributed by atoms with Crippen LogP contribution in [0.2, 0.25) is 0 Å². The molecule has 1 rings (SSSR count). The lowest BCUT2D eigenvalue weighted by Crippen LogP contribution is -2.42. The Morgan fingerprint density at radius 3 is 2.15 bits per heavy atom. The number of hydrogen-bond acceptors (Lipinski definition) is 2. The van der Waals surface area contributed by atoms with Gasteiger partial charge in [-0.15, -0.1) is 24.0 Å². The fourth-order valence-corrected chi connectivity index (χ4v) is 2.87. The molecule has 1 aliphatic heterocycles. The lowest BCUT2D eigenvalue weighted by molar-refractivity contribution is -0.0824. The van der Waals surface area contributed by atoms with Crippen molar-refractivity contribution in [3.63, 3.8) is 0 Å². The molecule has 0 saturated carbocycles. The quantitative estimate of drug-likeness (QED) is 0.408. The molecule has 1 saturated heterocycles. The Balaban J connectivity index is 0.00000361. The molecule has 2 unspecified atom stereocenters. The highest BCUT2D eigenvalue weighted by atomic mass is 127. The predicted octanol–water partition coefficient (Wildman–Crippen LogP) is 2.92. The largest absolute Gasteiger partial charge is 0.377 e. The summed E-state index contributed by atoms with van der Waals surface area (Å²) in [4.78, 5) is 8.93. The molecular weight excluding hydrogens is 365 g/mol. The van der Waals surface area contributed by atoms with E-state index in [2.05, 4.69) is 30.6 Å². The molecule has 0 radical (unpaired) electrons. The zero-order valence-electron chi connectivity index (χ0n) is 14.1. The number of nitrogens with zero attached hydrogens (tertiary/aromatic N) is 3. The van der Waals surface area contributed by atoms with Crippen LogP contribution in [0.15, 0.2) is 4.99 Å². The molecule has 0 aromatic heterocycles. The molecule has 0 spiro atoms. The topological polar surface area (TPSA) is 28.1 Å². The van der Waals surface area contributed by atoms with Gasteiger partial charge in [0.1, 0.15) is 0 Å². The minimum absolute atomic E-state index is 0. The summed E-state index contributed by atoms with van der Waals surface area (Å²) in [6, 6.07) is 0. The summed E-state index contributed by atoms with van der Waals surface area (Å²) in [5.41, 5.74) is 0.191. The molecule has 1 heterocycles. The average molecular weight is 397 g/mol. The maximum atomic E-state index is 6.01. The lowest BCUT2D eigenvalue weighted by atomic mass is 9.78. The maximum Gasteiger partial charge on any atom is 0.195 e. The van der Waals surface area contributed by atoms with Gasteiger partial charge in [0.15, 0.2) is 5.96 Å². The Morgan fingerprint density at radius 1 is 1.15 bits per heavy atom. The Morgan fingerprint density at radius 2 is 1.70 bits per heavy atom. The third kappa shape index (κ3) is 5.76. The van der Waals surface area contributed by atoms with Gasteiger partial charge >= 0.3 is 0 Å². The summed E-state index contributed by atoms with van der Waals surface area (Å²) in [5, 5.41) is 0. The Bertz CT molecular complexity index is 301. The molecule has 120 valence electrons. The van der Waals surface area contributed by atoms with Crippen molar-refractivity contribution >= 4 is 29.9 Å². The second kappa shape index (κ2) is 8.41. The number of rotatable bonds is 2. The SMILES string of the molecule is CN(C)C(=NCC1CCCOC1C(C)(C)C)N(C)C.I. The van der Waals surface area contributed by atoms with Gasteiger partial charge in [-0.05, 0) is 18.3 Å². The van der Waals surface area contributed by atoms with E-state index >= 15 is 0 Å². The summed E-state index contributed by atoms with van der Waals surface area (Å²) in [7, 11) is 8.16. The Hall–Kier alpha value is -0.0400. The number of ether oxygens (including phenoxy) is 1. The van der Waals surface area contributed by atoms with Gasteiger partial charge in [0.25, 0.3) is 0 Å². The predicted molar refractivity (Wildman–Crippen MR) is 97.0 cm³/mol. The van der Waals surface area contributed by atoms with Crippen molar-refractivity contribution < 1.29 is 4.74 Å². The molecular formula is C15H32IN3O. The Labute approximate surface area is 142 Å². The average Bonchev–Trinajstić information content (AvgIpc) is 2.27. The van der Waals surface area contributed by atoms with E-state index in [0.717, 1.165) is 25.5 Å². The summed E-state index contributed by atoms with van der Waals surface area (Å²) < 4.78 is 6.01. The van der Waals surface area contributed by atoms with Crippen LogP contribution in [-0.2, 0) is 4.74 Å². The summed E-state index contributed by atoms with van der Waals surface area (Å²) in [6.07, 6.45) is 2.70. The highest BCUT2D eigenvalue weighted by Gasteiger charge is 2.35. The van der Waals surface area contributed by atoms with E-state index in [-0.39, 0.29) is 29.4 Å². The molecule has 5 heteroatoms. The molecule has 2 atom stereocenters. The standard InChI is InChI=1S/C15H31N3O.HI/c1-15(2,3)13-12(9-8-10-19-13)11-16-14(17(4)5)18(6)7;/h12-13H,8-11H2,1-7H3;1H. The van der Waals surface area contributed by atoms with Crippen molar-refractivity contribution in [3.8, 4) is 0 Å². The van der Waals surface area contributed by atoms with Crippen molar-refractivity contribution in [2.75, 3.05) is 41.3 Å². The van der Waals surface area contributed by atoms with Gasteiger partial charge in [-0.3, -0.25) is 4.99 Å². The van der Waals surface area contributed by atoms with Crippen LogP contribution in [0.5, 0.6) is 0 Å². The molecule has 0 bridgehead atoms. The van der Waals surface area contributed by atoms with Gasteiger partial charge in [-0.2, -0.15) is 0 Å². The second-order valence-corrected chi connectivity index (χ2v) is 6.99. The molecule has 0 N–H and O–H groups in total. The van der Waals surface area contributed by atoms with E-state index in [1.54, 1.807) is 0 Å². The first-order chi connectivity index (χ1) is 8.73. The zero-order valence-corrected chi connectivity index (χ0v) is 16.5. The molecule has 0 amide bonds. The van der Waals surface area contributed by atoms with Crippen molar-refractivity contribution in [2.45, 2.75) is 39.7 Å². The molecule has 0 aliphatic carbocycles. The molecule has 4 nitrogen and oxygen atoms in total. The van der Waals surface area contributed by atoms with Crippen molar-refractivity contribution in [3.05, 3.63) is 0 Å². The number of halogens is 1. The highest BCUT2D eigenvalue weighted by molar-refractivity contribution is 14.0. The smallest absolute Gasteiger partial charge is 0.195 e. The van der Waals surface area contributed by atoms with Gasteiger partial charge in [-0.25, -0.2) is 0 Å². The monoisotopic (exact) mass is 397 g/mol. The number of guanidine groups is 1. The van der Waals surface area contributed by atoms with Crippen molar-refractivity contribution in [1.82, 2.24) is 9.80 Å². The van der Waals surface area contributed by atoms with Crippen molar-refractivity contribution in [1.29, 1.82) is 0 Å². The molecule has 0 aromatic rings. The first kappa shape index (κ1) is 20.0.